The Morgan fingerprint density at radius 1 is 1.30 bits per heavy atom. The topological polar surface area (TPSA) is 102 Å². The first-order valence-electron chi connectivity index (χ1n) is 8.44. The van der Waals surface area contributed by atoms with E-state index in [1.807, 2.05) is 0 Å². The average Bonchev–Trinajstić information content (AvgIpc) is 2.58. The van der Waals surface area contributed by atoms with Gasteiger partial charge in [-0.25, -0.2) is 13.1 Å². The number of halogens is 3. The molecule has 0 spiro atoms. The van der Waals surface area contributed by atoms with Crippen LogP contribution in [0.5, 0.6) is 5.75 Å². The molecule has 1 aromatic carbocycles. The first-order valence-corrected chi connectivity index (χ1v) is 9.92. The number of hydrogen-bond acceptors (Lipinski definition) is 5. The number of nitrogens with one attached hydrogen (secondary N) is 1. The number of carbonyl (C=O) groups is 1. The van der Waals surface area contributed by atoms with Crippen molar-refractivity contribution in [2.45, 2.75) is 30.5 Å². The molecule has 1 fully saturated rings. The van der Waals surface area contributed by atoms with Crippen molar-refractivity contribution in [2.75, 3.05) is 26.2 Å². The van der Waals surface area contributed by atoms with Crippen LogP contribution in [0.15, 0.2) is 29.2 Å². The molecule has 0 saturated carbocycles. The van der Waals surface area contributed by atoms with Gasteiger partial charge in [0.25, 0.3) is 0 Å². The van der Waals surface area contributed by atoms with Crippen molar-refractivity contribution in [3.8, 4) is 5.75 Å². The molecule has 152 valence electrons. The predicted octanol–water partition coefficient (Wildman–Crippen LogP) is 1.45. The molecular weight excluding hydrogens is 387 g/mol. The molecule has 2 rings (SSSR count). The smallest absolute Gasteiger partial charge is 0.406 e. The van der Waals surface area contributed by atoms with Gasteiger partial charge >= 0.3 is 6.36 Å². The number of carbonyl (C=O) groups excluding carboxylic acids is 1. The maximum Gasteiger partial charge on any atom is 0.573 e. The number of primary amides is 1. The van der Waals surface area contributed by atoms with Crippen LogP contribution in [-0.2, 0) is 14.8 Å². The summed E-state index contributed by atoms with van der Waals surface area (Å²) in [6.07, 6.45) is -2.99. The van der Waals surface area contributed by atoms with Gasteiger partial charge in [0, 0.05) is 18.5 Å². The molecule has 3 N–H and O–H groups in total. The number of nitrogens with two attached hydrogens (primary N) is 1. The van der Waals surface area contributed by atoms with Crippen molar-refractivity contribution < 1.29 is 31.1 Å². The fourth-order valence-corrected chi connectivity index (χ4v) is 3.98. The minimum Gasteiger partial charge on any atom is -0.406 e. The molecule has 1 aromatic rings. The summed E-state index contributed by atoms with van der Waals surface area (Å²) in [4.78, 5) is 12.9. The second kappa shape index (κ2) is 8.89. The van der Waals surface area contributed by atoms with Crippen LogP contribution in [0.25, 0.3) is 0 Å². The summed E-state index contributed by atoms with van der Waals surface area (Å²) in [6, 6.07) is 4.23. The fourth-order valence-electron chi connectivity index (χ4n) is 2.87. The minimum atomic E-state index is -4.89. The minimum absolute atomic E-state index is 0.106. The van der Waals surface area contributed by atoms with Gasteiger partial charge in [0.05, 0.1) is 4.90 Å². The lowest BCUT2D eigenvalue weighted by atomic mass is 9.96. The van der Waals surface area contributed by atoms with Crippen molar-refractivity contribution in [3.63, 3.8) is 0 Å². The van der Waals surface area contributed by atoms with E-state index in [0.717, 1.165) is 25.2 Å². The molecule has 11 heteroatoms. The van der Waals surface area contributed by atoms with Gasteiger partial charge < -0.3 is 15.4 Å². The predicted molar refractivity (Wildman–Crippen MR) is 91.3 cm³/mol. The van der Waals surface area contributed by atoms with E-state index in [9.17, 15) is 26.4 Å². The van der Waals surface area contributed by atoms with Gasteiger partial charge in [-0.15, -0.1) is 13.2 Å². The van der Waals surface area contributed by atoms with Gasteiger partial charge in [-0.05, 0) is 51.0 Å². The van der Waals surface area contributed by atoms with Crippen LogP contribution < -0.4 is 15.2 Å². The highest BCUT2D eigenvalue weighted by atomic mass is 32.2. The molecule has 1 amide bonds. The summed E-state index contributed by atoms with van der Waals surface area (Å²) in [5.41, 5.74) is 5.28. The molecule has 1 aliphatic heterocycles. The SMILES string of the molecule is NC(=O)C1CCN(CCCNS(=O)(=O)c2cccc(OC(F)(F)F)c2)CC1. The lowest BCUT2D eigenvalue weighted by Crippen LogP contribution is -2.39. The summed E-state index contributed by atoms with van der Waals surface area (Å²) in [5, 5.41) is 0. The number of piperidine rings is 1. The second-order valence-electron chi connectivity index (χ2n) is 6.29. The van der Waals surface area contributed by atoms with Crippen LogP contribution in [0.4, 0.5) is 13.2 Å². The Labute approximate surface area is 155 Å². The van der Waals surface area contributed by atoms with Gasteiger partial charge in [0.2, 0.25) is 15.9 Å². The Morgan fingerprint density at radius 2 is 1.96 bits per heavy atom. The number of ether oxygens (including phenoxy) is 1. The first-order chi connectivity index (χ1) is 12.6. The molecular formula is C16H22F3N3O4S. The van der Waals surface area contributed by atoms with Crippen molar-refractivity contribution in [1.29, 1.82) is 0 Å². The van der Waals surface area contributed by atoms with E-state index in [0.29, 0.717) is 25.8 Å². The third-order valence-electron chi connectivity index (χ3n) is 4.28. The van der Waals surface area contributed by atoms with Gasteiger partial charge in [-0.1, -0.05) is 6.07 Å². The molecule has 0 aliphatic carbocycles. The van der Waals surface area contributed by atoms with E-state index in [1.54, 1.807) is 0 Å². The number of benzene rings is 1. The van der Waals surface area contributed by atoms with Crippen molar-refractivity contribution in [2.24, 2.45) is 11.7 Å². The van der Waals surface area contributed by atoms with Crippen molar-refractivity contribution in [3.05, 3.63) is 24.3 Å². The molecule has 0 atom stereocenters. The Morgan fingerprint density at radius 3 is 2.56 bits per heavy atom. The summed E-state index contributed by atoms with van der Waals surface area (Å²) in [6.45, 7) is 2.22. The van der Waals surface area contributed by atoms with Gasteiger partial charge in [-0.2, -0.15) is 0 Å². The third-order valence-corrected chi connectivity index (χ3v) is 5.74. The van der Waals surface area contributed by atoms with E-state index in [-0.39, 0.29) is 23.3 Å². The second-order valence-corrected chi connectivity index (χ2v) is 8.06. The number of nitrogens with zero attached hydrogens (tertiary/aromatic N) is 1. The summed E-state index contributed by atoms with van der Waals surface area (Å²) in [5.74, 6) is -0.993. The normalized spacial score (nSPS) is 17.0. The molecule has 1 heterocycles. The van der Waals surface area contributed by atoms with Gasteiger partial charge in [-0.3, -0.25) is 4.79 Å². The Balaban J connectivity index is 1.80. The molecule has 0 aromatic heterocycles. The number of rotatable bonds is 8. The number of alkyl halides is 3. The zero-order chi connectivity index (χ0) is 20.1. The van der Waals surface area contributed by atoms with Crippen LogP contribution in [0.1, 0.15) is 19.3 Å². The fraction of sp³-hybridized carbons (Fsp3) is 0.562. The molecule has 27 heavy (non-hydrogen) atoms. The zero-order valence-electron chi connectivity index (χ0n) is 14.5. The Bertz CT molecular complexity index is 748. The number of amides is 1. The average molecular weight is 409 g/mol. The van der Waals surface area contributed by atoms with Crippen molar-refractivity contribution >= 4 is 15.9 Å². The van der Waals surface area contributed by atoms with Crippen LogP contribution >= 0.6 is 0 Å². The highest BCUT2D eigenvalue weighted by Gasteiger charge is 2.31. The summed E-state index contributed by atoms with van der Waals surface area (Å²) >= 11 is 0. The molecule has 0 unspecified atom stereocenters. The molecule has 0 bridgehead atoms. The Kier molecular flexibility index (Phi) is 7.06. The van der Waals surface area contributed by atoms with Crippen molar-refractivity contribution in [1.82, 2.24) is 9.62 Å². The lowest BCUT2D eigenvalue weighted by Gasteiger charge is -2.30. The highest BCUT2D eigenvalue weighted by molar-refractivity contribution is 7.89. The van der Waals surface area contributed by atoms with E-state index in [4.69, 9.17) is 5.73 Å². The number of sulfonamides is 1. The van der Waals surface area contributed by atoms with E-state index >= 15 is 0 Å². The Hall–Kier alpha value is -1.85. The lowest BCUT2D eigenvalue weighted by molar-refractivity contribution is -0.274. The molecule has 0 radical (unpaired) electrons. The number of hydrogen-bond donors (Lipinski definition) is 2. The summed E-state index contributed by atoms with van der Waals surface area (Å²) < 4.78 is 67.3. The van der Waals surface area contributed by atoms with E-state index < -0.39 is 22.1 Å². The van der Waals surface area contributed by atoms with Crippen LogP contribution in [0.2, 0.25) is 0 Å². The monoisotopic (exact) mass is 409 g/mol. The molecule has 1 saturated heterocycles. The van der Waals surface area contributed by atoms with Crippen LogP contribution in [0, 0.1) is 5.92 Å². The largest absolute Gasteiger partial charge is 0.573 e. The number of likely N-dealkylation sites (tertiary alicyclic amines) is 1. The summed E-state index contributed by atoms with van der Waals surface area (Å²) in [7, 11) is -3.94. The highest BCUT2D eigenvalue weighted by Crippen LogP contribution is 2.24. The molecule has 1 aliphatic rings. The van der Waals surface area contributed by atoms with E-state index in [1.165, 1.54) is 12.1 Å². The standard InChI is InChI=1S/C16H22F3N3O4S/c17-16(18,19)26-13-3-1-4-14(11-13)27(24,25)21-7-2-8-22-9-5-12(6-10-22)15(20)23/h1,3-4,11-12,21H,2,5-10H2,(H2,20,23). The maximum absolute atomic E-state index is 12.2. The van der Waals surface area contributed by atoms with Crippen LogP contribution in [0.3, 0.4) is 0 Å². The maximum atomic E-state index is 12.2. The van der Waals surface area contributed by atoms with Gasteiger partial charge in [0.1, 0.15) is 5.75 Å². The molecule has 7 nitrogen and oxygen atoms in total. The van der Waals surface area contributed by atoms with Gasteiger partial charge in [0.15, 0.2) is 0 Å². The first kappa shape index (κ1) is 21.5. The van der Waals surface area contributed by atoms with E-state index in [2.05, 4.69) is 14.4 Å². The third kappa shape index (κ3) is 7.00. The van der Waals surface area contributed by atoms with Crippen LogP contribution in [-0.4, -0.2) is 51.8 Å². The quantitative estimate of drug-likeness (QED) is 0.633. The zero-order valence-corrected chi connectivity index (χ0v) is 15.4.